The summed E-state index contributed by atoms with van der Waals surface area (Å²) in [7, 11) is 0. The molecule has 0 aromatic rings. The van der Waals surface area contributed by atoms with Gasteiger partial charge in [0.05, 0.1) is 13.2 Å². The van der Waals surface area contributed by atoms with Crippen molar-refractivity contribution in [2.75, 3.05) is 32.1 Å². The van der Waals surface area contributed by atoms with Gasteiger partial charge < -0.3 is 10.1 Å². The van der Waals surface area contributed by atoms with Crippen molar-refractivity contribution in [1.82, 2.24) is 5.32 Å². The Balaban J connectivity index is 1.94. The van der Waals surface area contributed by atoms with Crippen molar-refractivity contribution in [3.8, 4) is 0 Å². The predicted molar refractivity (Wildman–Crippen MR) is 50.3 cm³/mol. The number of halogens is 3. The van der Waals surface area contributed by atoms with Crippen LogP contribution in [0.1, 0.15) is 6.92 Å². The fraction of sp³-hybridized carbons (Fsp3) is 1.00. The zero-order valence-corrected chi connectivity index (χ0v) is 8.80. The average Bonchev–Trinajstić information content (AvgIpc) is 1.98. The van der Waals surface area contributed by atoms with Crippen LogP contribution in [0.15, 0.2) is 0 Å². The Morgan fingerprint density at radius 1 is 1.43 bits per heavy atom. The van der Waals surface area contributed by atoms with Crippen LogP contribution in [-0.2, 0) is 4.74 Å². The zero-order chi connectivity index (χ0) is 10.7. The molecule has 0 aromatic heterocycles. The lowest BCUT2D eigenvalue weighted by Crippen LogP contribution is -2.47. The molecule has 1 heterocycles. The molecule has 1 aliphatic rings. The predicted octanol–water partition coefficient (Wildman–Crippen LogP) is 1.87. The number of rotatable bonds is 5. The molecule has 0 saturated carbocycles. The van der Waals surface area contributed by atoms with Gasteiger partial charge >= 0.3 is 5.51 Å². The van der Waals surface area contributed by atoms with E-state index in [9.17, 15) is 13.2 Å². The summed E-state index contributed by atoms with van der Waals surface area (Å²) >= 11 is 0.0160. The molecular formula is C8H14F3NOS. The summed E-state index contributed by atoms with van der Waals surface area (Å²) in [5, 5.41) is 3.00. The summed E-state index contributed by atoms with van der Waals surface area (Å²) in [5.41, 5.74) is -3.98. The second-order valence-corrected chi connectivity index (χ2v) is 4.93. The number of ether oxygens (including phenoxy) is 1. The first-order valence-electron chi connectivity index (χ1n) is 4.40. The third-order valence-corrected chi connectivity index (χ3v) is 2.73. The van der Waals surface area contributed by atoms with Crippen LogP contribution in [0.3, 0.4) is 0 Å². The van der Waals surface area contributed by atoms with Crippen molar-refractivity contribution in [3.05, 3.63) is 0 Å². The lowest BCUT2D eigenvalue weighted by Gasteiger charge is -2.38. The van der Waals surface area contributed by atoms with Crippen LogP contribution in [0, 0.1) is 5.41 Å². The number of alkyl halides is 3. The number of hydrogen-bond donors (Lipinski definition) is 1. The van der Waals surface area contributed by atoms with Crippen LogP contribution in [0.4, 0.5) is 13.2 Å². The first kappa shape index (κ1) is 12.1. The summed E-state index contributed by atoms with van der Waals surface area (Å²) in [6.07, 6.45) is 0. The molecule has 1 saturated heterocycles. The van der Waals surface area contributed by atoms with E-state index in [1.165, 1.54) is 0 Å². The second kappa shape index (κ2) is 4.72. The van der Waals surface area contributed by atoms with E-state index in [-0.39, 0.29) is 22.9 Å². The van der Waals surface area contributed by atoms with Gasteiger partial charge in [0.25, 0.3) is 0 Å². The smallest absolute Gasteiger partial charge is 0.380 e. The van der Waals surface area contributed by atoms with E-state index in [0.29, 0.717) is 19.8 Å². The van der Waals surface area contributed by atoms with E-state index in [1.807, 2.05) is 0 Å². The van der Waals surface area contributed by atoms with Crippen LogP contribution >= 0.6 is 11.8 Å². The van der Waals surface area contributed by atoms with Crippen molar-refractivity contribution < 1.29 is 17.9 Å². The fourth-order valence-corrected chi connectivity index (χ4v) is 1.66. The topological polar surface area (TPSA) is 21.3 Å². The van der Waals surface area contributed by atoms with Gasteiger partial charge in [-0.15, -0.1) is 0 Å². The molecule has 0 atom stereocenters. The van der Waals surface area contributed by atoms with Gasteiger partial charge in [-0.2, -0.15) is 13.2 Å². The molecule has 84 valence electrons. The molecule has 1 rings (SSSR count). The van der Waals surface area contributed by atoms with Gasteiger partial charge in [0, 0.05) is 24.3 Å². The molecule has 0 amide bonds. The fourth-order valence-electron chi connectivity index (χ4n) is 1.18. The molecule has 0 aromatic carbocycles. The molecule has 0 spiro atoms. The minimum Gasteiger partial charge on any atom is -0.380 e. The largest absolute Gasteiger partial charge is 0.441 e. The molecule has 2 nitrogen and oxygen atoms in total. The highest BCUT2D eigenvalue weighted by Gasteiger charge is 2.33. The van der Waals surface area contributed by atoms with E-state index in [2.05, 4.69) is 12.2 Å². The van der Waals surface area contributed by atoms with Gasteiger partial charge in [-0.25, -0.2) is 0 Å². The maximum Gasteiger partial charge on any atom is 0.441 e. The molecule has 0 unspecified atom stereocenters. The molecule has 1 fully saturated rings. The first-order valence-corrected chi connectivity index (χ1v) is 5.39. The number of thioether (sulfide) groups is 1. The van der Waals surface area contributed by atoms with E-state index >= 15 is 0 Å². The van der Waals surface area contributed by atoms with Gasteiger partial charge in [0.2, 0.25) is 0 Å². The van der Waals surface area contributed by atoms with Gasteiger partial charge in [0.15, 0.2) is 0 Å². The molecule has 1 N–H and O–H groups in total. The van der Waals surface area contributed by atoms with Gasteiger partial charge in [0.1, 0.15) is 0 Å². The van der Waals surface area contributed by atoms with Crippen LogP contribution in [0.5, 0.6) is 0 Å². The number of hydrogen-bond acceptors (Lipinski definition) is 3. The standard InChI is InChI=1S/C8H14F3NOS/c1-7(5-13-6-7)4-12-2-3-14-8(9,10)11/h12H,2-6H2,1H3. The van der Waals surface area contributed by atoms with Gasteiger partial charge in [-0.3, -0.25) is 0 Å². The quantitative estimate of drug-likeness (QED) is 0.727. The van der Waals surface area contributed by atoms with Crippen LogP contribution in [-0.4, -0.2) is 37.6 Å². The van der Waals surface area contributed by atoms with Gasteiger partial charge in [-0.05, 0) is 11.8 Å². The number of nitrogens with one attached hydrogen (secondary N) is 1. The minimum atomic E-state index is -4.11. The Hall–Kier alpha value is 0.0600. The maximum atomic E-state index is 11.7. The Labute approximate surface area is 85.6 Å². The molecule has 0 radical (unpaired) electrons. The van der Waals surface area contributed by atoms with E-state index < -0.39 is 5.51 Å². The minimum absolute atomic E-state index is 0.0160. The van der Waals surface area contributed by atoms with Crippen molar-refractivity contribution in [2.45, 2.75) is 12.4 Å². The van der Waals surface area contributed by atoms with Crippen molar-refractivity contribution >= 4 is 11.8 Å². The first-order chi connectivity index (χ1) is 6.41. The monoisotopic (exact) mass is 229 g/mol. The van der Waals surface area contributed by atoms with Crippen LogP contribution in [0.2, 0.25) is 0 Å². The summed E-state index contributed by atoms with van der Waals surface area (Å²) in [6.45, 7) is 4.57. The van der Waals surface area contributed by atoms with E-state index in [0.717, 1.165) is 6.54 Å². The Kier molecular flexibility index (Phi) is 4.09. The van der Waals surface area contributed by atoms with Crippen molar-refractivity contribution in [3.63, 3.8) is 0 Å². The van der Waals surface area contributed by atoms with Gasteiger partial charge in [-0.1, -0.05) is 6.92 Å². The maximum absolute atomic E-state index is 11.7. The third kappa shape index (κ3) is 4.52. The molecule has 0 bridgehead atoms. The second-order valence-electron chi connectivity index (χ2n) is 3.77. The molecule has 14 heavy (non-hydrogen) atoms. The zero-order valence-electron chi connectivity index (χ0n) is 7.99. The van der Waals surface area contributed by atoms with Crippen LogP contribution < -0.4 is 5.32 Å². The van der Waals surface area contributed by atoms with E-state index in [1.54, 1.807) is 0 Å². The molecule has 6 heteroatoms. The lowest BCUT2D eigenvalue weighted by atomic mass is 9.89. The third-order valence-electron chi connectivity index (χ3n) is 2.00. The normalized spacial score (nSPS) is 20.6. The Morgan fingerprint density at radius 2 is 2.07 bits per heavy atom. The van der Waals surface area contributed by atoms with Crippen molar-refractivity contribution in [2.24, 2.45) is 5.41 Å². The molecular weight excluding hydrogens is 215 g/mol. The Morgan fingerprint density at radius 3 is 2.50 bits per heavy atom. The highest BCUT2D eigenvalue weighted by molar-refractivity contribution is 8.00. The summed E-state index contributed by atoms with van der Waals surface area (Å²) in [4.78, 5) is 0. The summed E-state index contributed by atoms with van der Waals surface area (Å²) in [6, 6.07) is 0. The SMILES string of the molecule is CC1(CNCCSC(F)(F)F)COC1. The van der Waals surface area contributed by atoms with Crippen molar-refractivity contribution in [1.29, 1.82) is 0 Å². The molecule has 1 aliphatic heterocycles. The summed E-state index contributed by atoms with van der Waals surface area (Å²) < 4.78 is 40.2. The lowest BCUT2D eigenvalue weighted by molar-refractivity contribution is -0.0987. The molecule has 0 aliphatic carbocycles. The summed E-state index contributed by atoms with van der Waals surface area (Å²) in [5.74, 6) is 0.0699. The van der Waals surface area contributed by atoms with Crippen LogP contribution in [0.25, 0.3) is 0 Å². The average molecular weight is 229 g/mol. The van der Waals surface area contributed by atoms with E-state index in [4.69, 9.17) is 4.74 Å². The Bertz CT molecular complexity index is 182. The highest BCUT2D eigenvalue weighted by atomic mass is 32.2. The highest BCUT2D eigenvalue weighted by Crippen LogP contribution is 2.29.